The monoisotopic (exact) mass is 350 g/mol. The molecule has 0 heterocycles. The van der Waals surface area contributed by atoms with Crippen molar-refractivity contribution in [2.24, 2.45) is 0 Å². The number of halogens is 1. The summed E-state index contributed by atoms with van der Waals surface area (Å²) in [6.45, 7) is 0. The molecule has 0 aliphatic carbocycles. The van der Waals surface area contributed by atoms with Crippen molar-refractivity contribution in [1.82, 2.24) is 0 Å². The molecular formula is C17H19BrO3. The minimum absolute atomic E-state index is 0.341. The van der Waals surface area contributed by atoms with Gasteiger partial charge in [0.1, 0.15) is 11.9 Å². The summed E-state index contributed by atoms with van der Waals surface area (Å²) in [4.78, 5) is 0. The Bertz CT molecular complexity index is 572. The van der Waals surface area contributed by atoms with Crippen LogP contribution in [-0.4, -0.2) is 25.4 Å². The van der Waals surface area contributed by atoms with E-state index < -0.39 is 6.10 Å². The fourth-order valence-corrected chi connectivity index (χ4v) is 2.93. The van der Waals surface area contributed by atoms with Crippen molar-refractivity contribution in [2.45, 2.75) is 18.6 Å². The predicted molar refractivity (Wildman–Crippen MR) is 86.6 cm³/mol. The number of benzene rings is 2. The van der Waals surface area contributed by atoms with Crippen LogP contribution < -0.4 is 4.74 Å². The highest BCUT2D eigenvalue weighted by Crippen LogP contribution is 2.28. The van der Waals surface area contributed by atoms with Gasteiger partial charge in [-0.25, -0.2) is 0 Å². The molecule has 0 fully saturated rings. The van der Waals surface area contributed by atoms with Crippen LogP contribution >= 0.6 is 15.9 Å². The fourth-order valence-electron chi connectivity index (χ4n) is 2.34. The van der Waals surface area contributed by atoms with E-state index in [1.54, 1.807) is 14.2 Å². The zero-order valence-electron chi connectivity index (χ0n) is 12.1. The summed E-state index contributed by atoms with van der Waals surface area (Å²) < 4.78 is 11.5. The smallest absolute Gasteiger partial charge is 0.133 e. The Morgan fingerprint density at radius 2 is 1.81 bits per heavy atom. The van der Waals surface area contributed by atoms with Crippen molar-refractivity contribution in [3.63, 3.8) is 0 Å². The molecule has 0 radical (unpaired) electrons. The van der Waals surface area contributed by atoms with Gasteiger partial charge in [0.2, 0.25) is 0 Å². The highest BCUT2D eigenvalue weighted by molar-refractivity contribution is 9.10. The average Bonchev–Trinajstić information content (AvgIpc) is 2.49. The molecule has 0 aliphatic rings. The molecule has 2 unspecified atom stereocenters. The maximum absolute atomic E-state index is 10.5. The van der Waals surface area contributed by atoms with Gasteiger partial charge in [-0.3, -0.25) is 0 Å². The topological polar surface area (TPSA) is 38.7 Å². The first-order chi connectivity index (χ1) is 10.2. The molecule has 0 aromatic heterocycles. The summed E-state index contributed by atoms with van der Waals surface area (Å²) in [5, 5.41) is 10.5. The number of aliphatic hydroxyl groups is 1. The SMILES string of the molecule is COc1ccc(CC(O)C(OC)c2ccccc2)cc1Br. The molecule has 2 aromatic rings. The predicted octanol–water partition coefficient (Wildman–Crippen LogP) is 3.75. The van der Waals surface area contributed by atoms with Gasteiger partial charge < -0.3 is 14.6 Å². The number of aliphatic hydroxyl groups excluding tert-OH is 1. The van der Waals surface area contributed by atoms with Crippen molar-refractivity contribution in [3.05, 3.63) is 64.1 Å². The van der Waals surface area contributed by atoms with E-state index in [0.29, 0.717) is 6.42 Å². The van der Waals surface area contributed by atoms with E-state index in [2.05, 4.69) is 15.9 Å². The van der Waals surface area contributed by atoms with Crippen molar-refractivity contribution in [2.75, 3.05) is 14.2 Å². The lowest BCUT2D eigenvalue weighted by molar-refractivity contribution is -0.0128. The molecule has 0 spiro atoms. The second-order valence-corrected chi connectivity index (χ2v) is 5.66. The molecule has 0 saturated heterocycles. The number of hydrogen-bond acceptors (Lipinski definition) is 3. The van der Waals surface area contributed by atoms with Gasteiger partial charge >= 0.3 is 0 Å². The number of rotatable bonds is 6. The van der Waals surface area contributed by atoms with Gasteiger partial charge in [0.15, 0.2) is 0 Å². The zero-order valence-corrected chi connectivity index (χ0v) is 13.7. The first-order valence-corrected chi connectivity index (χ1v) is 7.53. The second kappa shape index (κ2) is 7.59. The van der Waals surface area contributed by atoms with Crippen LogP contribution in [0.15, 0.2) is 53.0 Å². The summed E-state index contributed by atoms with van der Waals surface area (Å²) in [7, 11) is 3.25. The highest BCUT2D eigenvalue weighted by atomic mass is 79.9. The van der Waals surface area contributed by atoms with Gasteiger partial charge in [0.05, 0.1) is 17.7 Å². The maximum atomic E-state index is 10.5. The maximum Gasteiger partial charge on any atom is 0.133 e. The molecule has 112 valence electrons. The molecule has 0 amide bonds. The molecular weight excluding hydrogens is 332 g/mol. The molecule has 3 nitrogen and oxygen atoms in total. The lowest BCUT2D eigenvalue weighted by atomic mass is 9.98. The lowest BCUT2D eigenvalue weighted by Crippen LogP contribution is -2.22. The van der Waals surface area contributed by atoms with Crippen LogP contribution in [0.25, 0.3) is 0 Å². The Balaban J connectivity index is 2.12. The Hall–Kier alpha value is -1.36. The minimum atomic E-state index is -0.613. The quantitative estimate of drug-likeness (QED) is 0.862. The van der Waals surface area contributed by atoms with Crippen LogP contribution in [0.4, 0.5) is 0 Å². The van der Waals surface area contributed by atoms with Crippen molar-refractivity contribution < 1.29 is 14.6 Å². The zero-order chi connectivity index (χ0) is 15.2. The summed E-state index contributed by atoms with van der Waals surface area (Å²) in [6, 6.07) is 15.5. The number of ether oxygens (including phenoxy) is 2. The highest BCUT2D eigenvalue weighted by Gasteiger charge is 2.21. The summed E-state index contributed by atoms with van der Waals surface area (Å²) in [5.74, 6) is 0.777. The van der Waals surface area contributed by atoms with E-state index in [1.807, 2.05) is 48.5 Å². The van der Waals surface area contributed by atoms with Gasteiger partial charge in [-0.15, -0.1) is 0 Å². The molecule has 0 aliphatic heterocycles. The first kappa shape index (κ1) is 16.0. The van der Waals surface area contributed by atoms with Crippen LogP contribution in [0.5, 0.6) is 5.75 Å². The van der Waals surface area contributed by atoms with Crippen molar-refractivity contribution in [3.8, 4) is 5.75 Å². The molecule has 21 heavy (non-hydrogen) atoms. The minimum Gasteiger partial charge on any atom is -0.496 e. The van der Waals surface area contributed by atoms with Crippen LogP contribution in [-0.2, 0) is 11.2 Å². The molecule has 2 aromatic carbocycles. The Morgan fingerprint density at radius 3 is 2.38 bits per heavy atom. The van der Waals surface area contributed by atoms with Crippen molar-refractivity contribution in [1.29, 1.82) is 0 Å². The Labute approximate surface area is 133 Å². The summed E-state index contributed by atoms with van der Waals surface area (Å²) in [6.07, 6.45) is -0.444. The normalized spacial score (nSPS) is 13.7. The standard InChI is InChI=1S/C17H19BrO3/c1-20-16-9-8-12(10-14(16)18)11-15(19)17(21-2)13-6-4-3-5-7-13/h3-10,15,17,19H,11H2,1-2H3. The summed E-state index contributed by atoms with van der Waals surface area (Å²) >= 11 is 3.46. The van der Waals surface area contributed by atoms with Gasteiger partial charge in [-0.05, 0) is 39.2 Å². The fraction of sp³-hybridized carbons (Fsp3) is 0.294. The molecule has 2 rings (SSSR count). The van der Waals surface area contributed by atoms with E-state index in [1.165, 1.54) is 0 Å². The van der Waals surface area contributed by atoms with E-state index in [-0.39, 0.29) is 6.10 Å². The summed E-state index contributed by atoms with van der Waals surface area (Å²) in [5.41, 5.74) is 1.99. The average molecular weight is 351 g/mol. The number of methoxy groups -OCH3 is 2. The van der Waals surface area contributed by atoms with Gasteiger partial charge in [0, 0.05) is 13.5 Å². The van der Waals surface area contributed by atoms with Crippen LogP contribution in [0, 0.1) is 0 Å². The third-order valence-corrected chi connectivity index (χ3v) is 4.01. The van der Waals surface area contributed by atoms with E-state index in [4.69, 9.17) is 9.47 Å². The van der Waals surface area contributed by atoms with E-state index in [0.717, 1.165) is 21.3 Å². The molecule has 0 bridgehead atoms. The van der Waals surface area contributed by atoms with Crippen LogP contribution in [0.1, 0.15) is 17.2 Å². The second-order valence-electron chi connectivity index (χ2n) is 4.81. The molecule has 4 heteroatoms. The van der Waals surface area contributed by atoms with Gasteiger partial charge in [-0.2, -0.15) is 0 Å². The van der Waals surface area contributed by atoms with Crippen molar-refractivity contribution >= 4 is 15.9 Å². The third kappa shape index (κ3) is 4.06. The molecule has 1 N–H and O–H groups in total. The van der Waals surface area contributed by atoms with E-state index in [9.17, 15) is 5.11 Å². The van der Waals surface area contributed by atoms with Gasteiger partial charge in [-0.1, -0.05) is 36.4 Å². The number of hydrogen-bond donors (Lipinski definition) is 1. The Morgan fingerprint density at radius 1 is 1.10 bits per heavy atom. The van der Waals surface area contributed by atoms with Gasteiger partial charge in [0.25, 0.3) is 0 Å². The molecule has 2 atom stereocenters. The van der Waals surface area contributed by atoms with Crippen LogP contribution in [0.2, 0.25) is 0 Å². The lowest BCUT2D eigenvalue weighted by Gasteiger charge is -2.22. The van der Waals surface area contributed by atoms with E-state index >= 15 is 0 Å². The Kier molecular flexibility index (Phi) is 5.79. The van der Waals surface area contributed by atoms with Crippen LogP contribution in [0.3, 0.4) is 0 Å². The first-order valence-electron chi connectivity index (χ1n) is 6.74. The largest absolute Gasteiger partial charge is 0.496 e. The third-order valence-electron chi connectivity index (χ3n) is 3.39. The molecule has 0 saturated carbocycles.